The lowest BCUT2D eigenvalue weighted by Crippen LogP contribution is -2.36. The molecule has 2 aliphatic heterocycles. The molecule has 2 aliphatic rings. The van der Waals surface area contributed by atoms with Gasteiger partial charge in [-0.25, -0.2) is 14.6 Å². The maximum absolute atomic E-state index is 12.2. The van der Waals surface area contributed by atoms with Crippen LogP contribution >= 0.6 is 23.4 Å². The average molecular weight is 688 g/mol. The third-order valence-corrected chi connectivity index (χ3v) is 8.73. The Morgan fingerprint density at radius 2 is 1.63 bits per heavy atom. The smallest absolute Gasteiger partial charge is 0.407 e. The van der Waals surface area contributed by atoms with Crippen LogP contribution in [0.1, 0.15) is 71.5 Å². The van der Waals surface area contributed by atoms with Crippen molar-refractivity contribution in [2.24, 2.45) is 0 Å². The summed E-state index contributed by atoms with van der Waals surface area (Å²) >= 11 is 7.94. The fourth-order valence-corrected chi connectivity index (χ4v) is 6.64. The number of hydrogen-bond donors (Lipinski definition) is 4. The molecule has 260 valence electrons. The standard InChI is InChI=1S/C30H50ClN7O7S/c1-30(2,3)45-29(41)33-12-6-11-24-35-26(31)38-27(36-24)32-13-15-43-17-19-44-18-16-42-14-7-9-21(39)8-4-5-10-23-25-22(20-46-23)34-28(40)37-25/h22-23,25H,4-20H2,1-3H3,(H,33,41)(H2,34,37,40)(H,32,35,36,38)/t22-,23-,25-/m0/s1. The van der Waals surface area contributed by atoms with Gasteiger partial charge in [0.05, 0.1) is 45.1 Å². The summed E-state index contributed by atoms with van der Waals surface area (Å²) in [5.41, 5.74) is -0.541. The lowest BCUT2D eigenvalue weighted by Gasteiger charge is -2.19. The summed E-state index contributed by atoms with van der Waals surface area (Å²) in [7, 11) is 0. The van der Waals surface area contributed by atoms with Crippen LogP contribution in [-0.4, -0.2) is 114 Å². The number of anilines is 1. The number of nitrogens with one attached hydrogen (secondary N) is 4. The normalized spacial score (nSPS) is 19.0. The number of Topliss-reactive ketones (excluding diaryl/α,β-unsaturated/α-hetero) is 1. The van der Waals surface area contributed by atoms with Gasteiger partial charge in [-0.15, -0.1) is 0 Å². The molecule has 4 N–H and O–H groups in total. The largest absolute Gasteiger partial charge is 0.444 e. The molecule has 1 aromatic heterocycles. The van der Waals surface area contributed by atoms with Gasteiger partial charge in [0.25, 0.3) is 0 Å². The van der Waals surface area contributed by atoms with Gasteiger partial charge in [-0.05, 0) is 58.1 Å². The Bertz CT molecular complexity index is 1100. The number of aryl methyl sites for hydroxylation is 1. The second-order valence-corrected chi connectivity index (χ2v) is 13.8. The number of hydrogen-bond acceptors (Lipinski definition) is 12. The molecule has 3 amide bonds. The first-order valence-electron chi connectivity index (χ1n) is 16.1. The summed E-state index contributed by atoms with van der Waals surface area (Å²) in [6.45, 7) is 9.15. The van der Waals surface area contributed by atoms with Crippen LogP contribution in [0.15, 0.2) is 0 Å². The van der Waals surface area contributed by atoms with Crippen molar-refractivity contribution in [3.63, 3.8) is 0 Å². The highest BCUT2D eigenvalue weighted by molar-refractivity contribution is 8.00. The Hall–Kier alpha value is -2.46. The molecule has 0 saturated carbocycles. The van der Waals surface area contributed by atoms with Gasteiger partial charge in [-0.2, -0.15) is 21.7 Å². The van der Waals surface area contributed by atoms with Gasteiger partial charge in [-0.3, -0.25) is 4.79 Å². The lowest BCUT2D eigenvalue weighted by atomic mass is 10.0. The van der Waals surface area contributed by atoms with E-state index in [0.29, 0.717) is 102 Å². The van der Waals surface area contributed by atoms with E-state index in [4.69, 9.17) is 30.5 Å². The van der Waals surface area contributed by atoms with Crippen LogP contribution in [0.3, 0.4) is 0 Å². The maximum atomic E-state index is 12.2. The second-order valence-electron chi connectivity index (χ2n) is 12.2. The summed E-state index contributed by atoms with van der Waals surface area (Å²) in [4.78, 5) is 47.9. The fourth-order valence-electron chi connectivity index (χ4n) is 4.92. The molecular formula is C30H50ClN7O7S. The minimum Gasteiger partial charge on any atom is -0.444 e. The third kappa shape index (κ3) is 15.9. The number of carbonyl (C=O) groups excluding carboxylic acids is 3. The van der Waals surface area contributed by atoms with Crippen molar-refractivity contribution in [2.75, 3.05) is 63.8 Å². The monoisotopic (exact) mass is 687 g/mol. The van der Waals surface area contributed by atoms with Gasteiger partial charge in [0.15, 0.2) is 0 Å². The zero-order chi connectivity index (χ0) is 33.2. The van der Waals surface area contributed by atoms with Gasteiger partial charge in [0, 0.05) is 50.0 Å². The Morgan fingerprint density at radius 3 is 2.39 bits per heavy atom. The molecule has 0 aromatic carbocycles. The van der Waals surface area contributed by atoms with Crippen LogP contribution in [0.2, 0.25) is 5.28 Å². The van der Waals surface area contributed by atoms with Gasteiger partial charge in [0.2, 0.25) is 11.2 Å². The molecule has 14 nitrogen and oxygen atoms in total. The van der Waals surface area contributed by atoms with Crippen molar-refractivity contribution in [3.05, 3.63) is 11.1 Å². The number of nitrogens with zero attached hydrogens (tertiary/aromatic N) is 3. The number of urea groups is 1. The first-order valence-corrected chi connectivity index (χ1v) is 17.6. The molecular weight excluding hydrogens is 638 g/mol. The summed E-state index contributed by atoms with van der Waals surface area (Å²) in [6.07, 6.45) is 5.47. The topological polar surface area (TPSA) is 175 Å². The van der Waals surface area contributed by atoms with Gasteiger partial charge >= 0.3 is 12.1 Å². The van der Waals surface area contributed by atoms with E-state index in [1.54, 1.807) is 0 Å². The molecule has 3 rings (SSSR count). The number of halogens is 1. The van der Waals surface area contributed by atoms with Gasteiger partial charge in [0.1, 0.15) is 17.2 Å². The first-order chi connectivity index (χ1) is 22.1. The minimum absolute atomic E-state index is 0.0563. The molecule has 2 fully saturated rings. The number of amides is 3. The van der Waals surface area contributed by atoms with Crippen LogP contribution < -0.4 is 21.3 Å². The number of alkyl carbamates (subject to hydrolysis) is 1. The van der Waals surface area contributed by atoms with E-state index in [-0.39, 0.29) is 29.2 Å². The van der Waals surface area contributed by atoms with Gasteiger partial charge < -0.3 is 40.2 Å². The summed E-state index contributed by atoms with van der Waals surface area (Å²) < 4.78 is 21.9. The van der Waals surface area contributed by atoms with E-state index in [2.05, 4.69) is 36.2 Å². The average Bonchev–Trinajstić information content (AvgIpc) is 3.54. The van der Waals surface area contributed by atoms with Crippen LogP contribution in [0, 0.1) is 0 Å². The number of rotatable bonds is 23. The molecule has 3 atom stereocenters. The number of thioether (sulfide) groups is 1. The lowest BCUT2D eigenvalue weighted by molar-refractivity contribution is -0.119. The number of fused-ring (bicyclic) bond motifs is 1. The molecule has 3 heterocycles. The SMILES string of the molecule is CC(C)(C)OC(=O)NCCCc1nc(Cl)nc(NCCOCCOCCOCCCC(=O)CCCC[C@@H]2SC[C@@H]3NC(=O)N[C@@H]32)n1. The number of aromatic nitrogens is 3. The predicted octanol–water partition coefficient (Wildman–Crippen LogP) is 3.52. The van der Waals surface area contributed by atoms with Crippen molar-refractivity contribution in [1.82, 2.24) is 30.9 Å². The zero-order valence-corrected chi connectivity index (χ0v) is 28.8. The van der Waals surface area contributed by atoms with Crippen molar-refractivity contribution in [1.29, 1.82) is 0 Å². The van der Waals surface area contributed by atoms with E-state index in [1.807, 2.05) is 32.5 Å². The molecule has 46 heavy (non-hydrogen) atoms. The number of unbranched alkanes of at least 4 members (excludes halogenated alkanes) is 1. The quantitative estimate of drug-likeness (QED) is 0.0975. The van der Waals surface area contributed by atoms with Crippen LogP contribution in [0.5, 0.6) is 0 Å². The van der Waals surface area contributed by atoms with Crippen molar-refractivity contribution < 1.29 is 33.3 Å². The summed E-state index contributed by atoms with van der Waals surface area (Å²) in [5, 5.41) is 12.3. The van der Waals surface area contributed by atoms with Crippen LogP contribution in [-0.2, 0) is 30.2 Å². The Balaban J connectivity index is 1.08. The highest BCUT2D eigenvalue weighted by Gasteiger charge is 2.42. The van der Waals surface area contributed by atoms with Crippen molar-refractivity contribution in [2.45, 2.75) is 95.1 Å². The second kappa shape index (κ2) is 20.7. The van der Waals surface area contributed by atoms with E-state index < -0.39 is 11.7 Å². The Labute approximate surface area is 280 Å². The van der Waals surface area contributed by atoms with Crippen molar-refractivity contribution >= 4 is 47.2 Å². The predicted molar refractivity (Wildman–Crippen MR) is 177 cm³/mol. The van der Waals surface area contributed by atoms with Crippen molar-refractivity contribution in [3.8, 4) is 0 Å². The van der Waals surface area contributed by atoms with E-state index >= 15 is 0 Å². The molecule has 2 saturated heterocycles. The number of ether oxygens (including phenoxy) is 4. The molecule has 0 radical (unpaired) electrons. The van der Waals surface area contributed by atoms with E-state index in [1.165, 1.54) is 0 Å². The van der Waals surface area contributed by atoms with E-state index in [9.17, 15) is 14.4 Å². The highest BCUT2D eigenvalue weighted by Crippen LogP contribution is 2.33. The fraction of sp³-hybridized carbons (Fsp3) is 0.800. The Morgan fingerprint density at radius 1 is 0.913 bits per heavy atom. The molecule has 1 aromatic rings. The van der Waals surface area contributed by atoms with Gasteiger partial charge in [-0.1, -0.05) is 6.42 Å². The number of ketones is 1. The van der Waals surface area contributed by atoms with Crippen LogP contribution in [0.4, 0.5) is 15.5 Å². The molecule has 0 spiro atoms. The summed E-state index contributed by atoms with van der Waals surface area (Å²) in [6, 6.07) is 0.426. The molecule has 0 bridgehead atoms. The first kappa shape index (κ1) is 38.0. The minimum atomic E-state index is -0.541. The number of carbonyl (C=O) groups is 3. The highest BCUT2D eigenvalue weighted by atomic mass is 35.5. The molecule has 0 unspecified atom stereocenters. The Kier molecular flexibility index (Phi) is 17.1. The summed E-state index contributed by atoms with van der Waals surface area (Å²) in [5.74, 6) is 2.14. The van der Waals surface area contributed by atoms with Crippen LogP contribution in [0.25, 0.3) is 0 Å². The third-order valence-electron chi connectivity index (χ3n) is 7.05. The molecule has 16 heteroatoms. The van der Waals surface area contributed by atoms with E-state index in [0.717, 1.165) is 25.0 Å². The molecule has 0 aliphatic carbocycles. The zero-order valence-electron chi connectivity index (χ0n) is 27.2. The maximum Gasteiger partial charge on any atom is 0.407 e.